The minimum Gasteiger partial charge on any atom is -0.469 e. The SMILES string of the molecule is CN(CCc1ccco1)C(=O)c1ccc(Cl)c(Cl)c1. The Kier molecular flexibility index (Phi) is 4.51. The quantitative estimate of drug-likeness (QED) is 0.857. The highest BCUT2D eigenvalue weighted by Gasteiger charge is 2.13. The second-order valence-corrected chi connectivity index (χ2v) is 5.00. The topological polar surface area (TPSA) is 33.5 Å². The number of hydrogen-bond acceptors (Lipinski definition) is 2. The number of halogens is 2. The van der Waals surface area contributed by atoms with Gasteiger partial charge in [-0.25, -0.2) is 0 Å². The Bertz CT molecular complexity index is 567. The van der Waals surface area contributed by atoms with Crippen LogP contribution in [0.2, 0.25) is 10.0 Å². The molecule has 0 atom stereocenters. The fourth-order valence-electron chi connectivity index (χ4n) is 1.68. The maximum Gasteiger partial charge on any atom is 0.253 e. The van der Waals surface area contributed by atoms with Crippen molar-refractivity contribution in [3.8, 4) is 0 Å². The molecule has 0 fully saturated rings. The third kappa shape index (κ3) is 3.52. The third-order valence-corrected chi connectivity index (χ3v) is 3.53. The van der Waals surface area contributed by atoms with E-state index in [9.17, 15) is 4.79 Å². The Balaban J connectivity index is 2.00. The van der Waals surface area contributed by atoms with E-state index in [1.54, 1.807) is 36.4 Å². The molecule has 0 spiro atoms. The molecule has 19 heavy (non-hydrogen) atoms. The van der Waals surface area contributed by atoms with E-state index in [4.69, 9.17) is 27.6 Å². The molecule has 0 N–H and O–H groups in total. The number of hydrogen-bond donors (Lipinski definition) is 0. The van der Waals surface area contributed by atoms with Crippen LogP contribution in [0.1, 0.15) is 16.1 Å². The van der Waals surface area contributed by atoms with E-state index in [0.717, 1.165) is 5.76 Å². The van der Waals surface area contributed by atoms with E-state index >= 15 is 0 Å². The van der Waals surface area contributed by atoms with Crippen molar-refractivity contribution in [3.05, 3.63) is 58.0 Å². The molecule has 100 valence electrons. The molecule has 1 heterocycles. The summed E-state index contributed by atoms with van der Waals surface area (Å²) in [5.74, 6) is 0.763. The van der Waals surface area contributed by atoms with Gasteiger partial charge >= 0.3 is 0 Å². The van der Waals surface area contributed by atoms with Gasteiger partial charge in [0.1, 0.15) is 5.76 Å². The summed E-state index contributed by atoms with van der Waals surface area (Å²) in [4.78, 5) is 13.8. The minimum atomic E-state index is -0.0925. The molecule has 0 radical (unpaired) electrons. The van der Waals surface area contributed by atoms with Crippen LogP contribution < -0.4 is 0 Å². The van der Waals surface area contributed by atoms with Crippen molar-refractivity contribution >= 4 is 29.1 Å². The third-order valence-electron chi connectivity index (χ3n) is 2.79. The summed E-state index contributed by atoms with van der Waals surface area (Å²) in [6.45, 7) is 0.576. The molecule has 0 aliphatic carbocycles. The van der Waals surface area contributed by atoms with E-state index in [-0.39, 0.29) is 5.91 Å². The van der Waals surface area contributed by atoms with E-state index in [1.165, 1.54) is 0 Å². The highest BCUT2D eigenvalue weighted by molar-refractivity contribution is 6.42. The summed E-state index contributed by atoms with van der Waals surface area (Å²) in [5.41, 5.74) is 0.524. The zero-order chi connectivity index (χ0) is 13.8. The smallest absolute Gasteiger partial charge is 0.253 e. The first kappa shape index (κ1) is 14.0. The Morgan fingerprint density at radius 2 is 2.05 bits per heavy atom. The standard InChI is InChI=1S/C14H13Cl2NO2/c1-17(7-6-11-3-2-8-19-11)14(18)10-4-5-12(15)13(16)9-10/h2-5,8-9H,6-7H2,1H3. The van der Waals surface area contributed by atoms with Gasteiger partial charge in [0.25, 0.3) is 5.91 Å². The molecule has 0 saturated carbocycles. The average Bonchev–Trinajstić information content (AvgIpc) is 2.91. The predicted octanol–water partition coefficient (Wildman–Crippen LogP) is 3.90. The highest BCUT2D eigenvalue weighted by Crippen LogP contribution is 2.23. The molecule has 0 unspecified atom stereocenters. The molecule has 1 amide bonds. The first-order valence-corrected chi connectivity index (χ1v) is 6.56. The van der Waals surface area contributed by atoms with Crippen LogP contribution >= 0.6 is 23.2 Å². The highest BCUT2D eigenvalue weighted by atomic mass is 35.5. The van der Waals surface area contributed by atoms with E-state index < -0.39 is 0 Å². The number of carbonyl (C=O) groups is 1. The monoisotopic (exact) mass is 297 g/mol. The summed E-state index contributed by atoms with van der Waals surface area (Å²) < 4.78 is 5.23. The normalized spacial score (nSPS) is 10.5. The zero-order valence-corrected chi connectivity index (χ0v) is 11.9. The average molecular weight is 298 g/mol. The van der Waals surface area contributed by atoms with Crippen LogP contribution in [-0.4, -0.2) is 24.4 Å². The fourth-order valence-corrected chi connectivity index (χ4v) is 1.98. The molecular weight excluding hydrogens is 285 g/mol. The van der Waals surface area contributed by atoms with Crippen molar-refractivity contribution in [3.63, 3.8) is 0 Å². The molecule has 0 aliphatic rings. The maximum atomic E-state index is 12.2. The summed E-state index contributed by atoms with van der Waals surface area (Å²) in [5, 5.41) is 0.823. The van der Waals surface area contributed by atoms with Crippen molar-refractivity contribution in [2.24, 2.45) is 0 Å². The van der Waals surface area contributed by atoms with Crippen molar-refractivity contribution in [1.82, 2.24) is 4.90 Å². The van der Waals surface area contributed by atoms with Crippen molar-refractivity contribution in [2.45, 2.75) is 6.42 Å². The Morgan fingerprint density at radius 3 is 2.68 bits per heavy atom. The van der Waals surface area contributed by atoms with Crippen LogP contribution in [0, 0.1) is 0 Å². The molecule has 0 aliphatic heterocycles. The molecule has 2 aromatic rings. The van der Waals surface area contributed by atoms with Crippen molar-refractivity contribution in [2.75, 3.05) is 13.6 Å². The Hall–Kier alpha value is -1.45. The van der Waals surface area contributed by atoms with Crippen molar-refractivity contribution < 1.29 is 9.21 Å². The van der Waals surface area contributed by atoms with Gasteiger partial charge in [-0.1, -0.05) is 23.2 Å². The largest absolute Gasteiger partial charge is 0.469 e. The summed E-state index contributed by atoms with van der Waals surface area (Å²) in [7, 11) is 1.74. The Morgan fingerprint density at radius 1 is 1.26 bits per heavy atom. The molecule has 5 heteroatoms. The molecule has 0 bridgehead atoms. The van der Waals surface area contributed by atoms with Crippen molar-refractivity contribution in [1.29, 1.82) is 0 Å². The van der Waals surface area contributed by atoms with Crippen LogP contribution in [-0.2, 0) is 6.42 Å². The number of nitrogens with zero attached hydrogens (tertiary/aromatic N) is 1. The van der Waals surface area contributed by atoms with Crippen LogP contribution in [0.5, 0.6) is 0 Å². The lowest BCUT2D eigenvalue weighted by molar-refractivity contribution is 0.0795. The van der Waals surface area contributed by atoms with Gasteiger partial charge in [0.05, 0.1) is 16.3 Å². The van der Waals surface area contributed by atoms with Gasteiger partial charge in [-0.15, -0.1) is 0 Å². The number of carbonyl (C=O) groups excluding carboxylic acids is 1. The van der Waals surface area contributed by atoms with Gasteiger partial charge < -0.3 is 9.32 Å². The summed E-state index contributed by atoms with van der Waals surface area (Å²) in [6, 6.07) is 8.58. The van der Waals surface area contributed by atoms with Gasteiger partial charge in [0, 0.05) is 25.6 Å². The van der Waals surface area contributed by atoms with Gasteiger partial charge in [-0.05, 0) is 30.3 Å². The molecule has 2 rings (SSSR count). The number of benzene rings is 1. The first-order chi connectivity index (χ1) is 9.08. The molecule has 3 nitrogen and oxygen atoms in total. The number of likely N-dealkylation sites (N-methyl/N-ethyl adjacent to an activating group) is 1. The fraction of sp³-hybridized carbons (Fsp3) is 0.214. The van der Waals surface area contributed by atoms with E-state index in [0.29, 0.717) is 28.6 Å². The van der Waals surface area contributed by atoms with E-state index in [1.807, 2.05) is 12.1 Å². The lowest BCUT2D eigenvalue weighted by Gasteiger charge is -2.16. The number of furan rings is 1. The van der Waals surface area contributed by atoms with Crippen LogP contribution in [0.15, 0.2) is 41.0 Å². The molecule has 1 aromatic heterocycles. The summed E-state index contributed by atoms with van der Waals surface area (Å²) >= 11 is 11.7. The van der Waals surface area contributed by atoms with Crippen LogP contribution in [0.4, 0.5) is 0 Å². The lowest BCUT2D eigenvalue weighted by atomic mass is 10.2. The maximum absolute atomic E-state index is 12.2. The first-order valence-electron chi connectivity index (χ1n) is 5.81. The van der Waals surface area contributed by atoms with Crippen LogP contribution in [0.3, 0.4) is 0 Å². The minimum absolute atomic E-state index is 0.0925. The molecule has 0 saturated heterocycles. The molecule has 1 aromatic carbocycles. The summed E-state index contributed by atoms with van der Waals surface area (Å²) in [6.07, 6.45) is 2.30. The van der Waals surface area contributed by atoms with Gasteiger partial charge in [-0.3, -0.25) is 4.79 Å². The zero-order valence-electron chi connectivity index (χ0n) is 10.4. The van der Waals surface area contributed by atoms with Gasteiger partial charge in [0.15, 0.2) is 0 Å². The number of amides is 1. The second kappa shape index (κ2) is 6.13. The van der Waals surface area contributed by atoms with E-state index in [2.05, 4.69) is 0 Å². The van der Waals surface area contributed by atoms with Gasteiger partial charge in [0.2, 0.25) is 0 Å². The second-order valence-electron chi connectivity index (χ2n) is 4.18. The van der Waals surface area contributed by atoms with Gasteiger partial charge in [-0.2, -0.15) is 0 Å². The number of rotatable bonds is 4. The predicted molar refractivity (Wildman–Crippen MR) is 75.8 cm³/mol. The lowest BCUT2D eigenvalue weighted by Crippen LogP contribution is -2.28. The van der Waals surface area contributed by atoms with Crippen LogP contribution in [0.25, 0.3) is 0 Å². The molecular formula is C14H13Cl2NO2. The Labute approximate surface area is 121 Å².